The van der Waals surface area contributed by atoms with E-state index in [0.717, 1.165) is 63.1 Å². The van der Waals surface area contributed by atoms with E-state index < -0.39 is 11.5 Å². The first-order valence-corrected chi connectivity index (χ1v) is 12.6. The minimum absolute atomic E-state index is 0.0411. The van der Waals surface area contributed by atoms with E-state index in [9.17, 15) is 9.59 Å². The highest BCUT2D eigenvalue weighted by Gasteiger charge is 2.42. The summed E-state index contributed by atoms with van der Waals surface area (Å²) < 4.78 is 11.1. The second-order valence-electron chi connectivity index (χ2n) is 10.4. The van der Waals surface area contributed by atoms with Gasteiger partial charge < -0.3 is 19.9 Å². The van der Waals surface area contributed by atoms with E-state index in [1.165, 1.54) is 0 Å². The van der Waals surface area contributed by atoms with Gasteiger partial charge in [-0.1, -0.05) is 31.8 Å². The lowest BCUT2D eigenvalue weighted by molar-refractivity contribution is -0.139. The molecule has 2 aliphatic rings. The number of ether oxygens (including phenoxy) is 1. The lowest BCUT2D eigenvalue weighted by atomic mass is 9.73. The van der Waals surface area contributed by atoms with Gasteiger partial charge in [-0.05, 0) is 65.0 Å². The smallest absolute Gasteiger partial charge is 0.242 e. The van der Waals surface area contributed by atoms with E-state index in [0.29, 0.717) is 32.1 Å². The Morgan fingerprint density at radius 1 is 1.15 bits per heavy atom. The van der Waals surface area contributed by atoms with Crippen LogP contribution in [0, 0.1) is 18.3 Å². The zero-order valence-corrected chi connectivity index (χ0v) is 20.8. The lowest BCUT2D eigenvalue weighted by Crippen LogP contribution is -2.56. The van der Waals surface area contributed by atoms with Crippen LogP contribution in [0.4, 0.5) is 0 Å². The molecule has 2 aliphatic heterocycles. The van der Waals surface area contributed by atoms with Crippen LogP contribution in [0.3, 0.4) is 0 Å². The molecular formula is C25H42N4O4. The molecule has 0 radical (unpaired) electrons. The van der Waals surface area contributed by atoms with Crippen LogP contribution in [-0.4, -0.2) is 60.3 Å². The van der Waals surface area contributed by atoms with E-state index in [1.807, 2.05) is 19.9 Å². The fourth-order valence-electron chi connectivity index (χ4n) is 4.94. The summed E-state index contributed by atoms with van der Waals surface area (Å²) >= 11 is 0. The first-order chi connectivity index (χ1) is 15.8. The minimum Gasteiger partial charge on any atom is -0.379 e. The van der Waals surface area contributed by atoms with Crippen molar-refractivity contribution in [1.29, 1.82) is 0 Å². The maximum atomic E-state index is 13.7. The van der Waals surface area contributed by atoms with Crippen molar-refractivity contribution in [2.75, 3.05) is 26.3 Å². The Morgan fingerprint density at radius 3 is 2.58 bits per heavy atom. The van der Waals surface area contributed by atoms with Crippen molar-refractivity contribution in [2.45, 2.75) is 91.3 Å². The molecule has 3 heterocycles. The van der Waals surface area contributed by atoms with Crippen molar-refractivity contribution >= 4 is 11.8 Å². The second-order valence-corrected chi connectivity index (χ2v) is 10.4. The monoisotopic (exact) mass is 462 g/mol. The summed E-state index contributed by atoms with van der Waals surface area (Å²) in [4.78, 5) is 29.0. The molecular weight excluding hydrogens is 420 g/mol. The van der Waals surface area contributed by atoms with E-state index in [4.69, 9.17) is 9.26 Å². The Bertz CT molecular complexity index is 770. The van der Waals surface area contributed by atoms with Crippen LogP contribution in [0.1, 0.15) is 77.2 Å². The van der Waals surface area contributed by atoms with Crippen LogP contribution < -0.4 is 10.6 Å². The zero-order valence-electron chi connectivity index (χ0n) is 20.8. The quantitative estimate of drug-likeness (QED) is 0.713. The fraction of sp³-hybridized carbons (Fsp3) is 0.800. The molecule has 2 N–H and O–H groups in total. The number of likely N-dealkylation sites (tertiary alicyclic amines) is 1. The summed E-state index contributed by atoms with van der Waals surface area (Å²) in [6.07, 6.45) is 6.06. The van der Waals surface area contributed by atoms with Crippen LogP contribution in [-0.2, 0) is 20.9 Å². The third kappa shape index (κ3) is 7.54. The predicted molar refractivity (Wildman–Crippen MR) is 126 cm³/mol. The van der Waals surface area contributed by atoms with Crippen LogP contribution >= 0.6 is 0 Å². The minimum atomic E-state index is -0.519. The van der Waals surface area contributed by atoms with Crippen LogP contribution in [0.15, 0.2) is 10.6 Å². The number of aryl methyl sites for hydroxylation is 1. The lowest BCUT2D eigenvalue weighted by Gasteiger charge is -2.41. The molecule has 3 rings (SSSR count). The molecule has 8 heteroatoms. The first-order valence-electron chi connectivity index (χ1n) is 12.6. The van der Waals surface area contributed by atoms with Gasteiger partial charge in [0.1, 0.15) is 6.04 Å². The molecule has 0 unspecified atom stereocenters. The topological polar surface area (TPSA) is 96.7 Å². The zero-order chi connectivity index (χ0) is 23.8. The number of nitrogens with zero attached hydrogens (tertiary/aromatic N) is 2. The van der Waals surface area contributed by atoms with Crippen molar-refractivity contribution in [3.05, 3.63) is 17.5 Å². The average Bonchev–Trinajstić information content (AvgIpc) is 3.17. The molecule has 2 fully saturated rings. The highest BCUT2D eigenvalue weighted by Crippen LogP contribution is 2.38. The van der Waals surface area contributed by atoms with Gasteiger partial charge in [0.25, 0.3) is 0 Å². The van der Waals surface area contributed by atoms with Gasteiger partial charge in [-0.2, -0.15) is 0 Å². The van der Waals surface area contributed by atoms with Gasteiger partial charge in [0, 0.05) is 18.7 Å². The Kier molecular flexibility index (Phi) is 9.32. The molecule has 0 aromatic carbocycles. The maximum Gasteiger partial charge on any atom is 0.242 e. The number of carbonyl (C=O) groups excluding carboxylic acids is 2. The van der Waals surface area contributed by atoms with Crippen molar-refractivity contribution in [2.24, 2.45) is 11.3 Å². The molecule has 8 nitrogen and oxygen atoms in total. The maximum absolute atomic E-state index is 13.7. The molecule has 1 aromatic heterocycles. The van der Waals surface area contributed by atoms with Gasteiger partial charge in [0.15, 0.2) is 5.76 Å². The predicted octanol–water partition coefficient (Wildman–Crippen LogP) is 3.19. The second kappa shape index (κ2) is 12.0. The molecule has 1 spiro atoms. The normalized spacial score (nSPS) is 26.1. The van der Waals surface area contributed by atoms with Crippen molar-refractivity contribution in [1.82, 2.24) is 20.7 Å². The van der Waals surface area contributed by atoms with Crippen molar-refractivity contribution in [3.8, 4) is 0 Å². The van der Waals surface area contributed by atoms with Gasteiger partial charge in [-0.15, -0.1) is 0 Å². The highest BCUT2D eigenvalue weighted by atomic mass is 16.5. The number of hydrogen-bond donors (Lipinski definition) is 2. The molecule has 2 atom stereocenters. The van der Waals surface area contributed by atoms with Gasteiger partial charge in [-0.25, -0.2) is 0 Å². The summed E-state index contributed by atoms with van der Waals surface area (Å²) in [6, 6.07) is 1.37. The summed E-state index contributed by atoms with van der Waals surface area (Å²) in [6.45, 7) is 11.6. The Hall–Kier alpha value is -1.93. The Morgan fingerprint density at radius 2 is 1.91 bits per heavy atom. The molecule has 1 aromatic rings. The summed E-state index contributed by atoms with van der Waals surface area (Å²) in [5.74, 6) is 1.09. The Balaban J connectivity index is 1.71. The molecule has 2 amide bonds. The van der Waals surface area contributed by atoms with Crippen LogP contribution in [0.5, 0.6) is 0 Å². The van der Waals surface area contributed by atoms with Gasteiger partial charge in [-0.3, -0.25) is 14.5 Å². The number of aromatic nitrogens is 1. The van der Waals surface area contributed by atoms with Gasteiger partial charge in [0.05, 0.1) is 24.3 Å². The van der Waals surface area contributed by atoms with E-state index >= 15 is 0 Å². The molecule has 33 heavy (non-hydrogen) atoms. The summed E-state index contributed by atoms with van der Waals surface area (Å²) in [5.41, 5.74) is 0.455. The third-order valence-corrected chi connectivity index (χ3v) is 6.88. The van der Waals surface area contributed by atoms with Crippen LogP contribution in [0.2, 0.25) is 0 Å². The number of nitrogens with one attached hydrogen (secondary N) is 2. The summed E-state index contributed by atoms with van der Waals surface area (Å²) in [7, 11) is 0. The van der Waals surface area contributed by atoms with E-state index in [2.05, 4.69) is 34.5 Å². The van der Waals surface area contributed by atoms with E-state index in [1.54, 1.807) is 0 Å². The van der Waals surface area contributed by atoms with E-state index in [-0.39, 0.29) is 17.9 Å². The molecule has 2 saturated heterocycles. The molecule has 0 aliphatic carbocycles. The summed E-state index contributed by atoms with van der Waals surface area (Å²) in [5, 5.41) is 10.2. The number of hydrogen-bond acceptors (Lipinski definition) is 6. The highest BCUT2D eigenvalue weighted by molar-refractivity contribution is 5.90. The van der Waals surface area contributed by atoms with Crippen LogP contribution in [0.25, 0.3) is 0 Å². The largest absolute Gasteiger partial charge is 0.379 e. The molecule has 0 saturated carbocycles. The van der Waals surface area contributed by atoms with Crippen molar-refractivity contribution in [3.63, 3.8) is 0 Å². The number of carbonyl (C=O) groups is 2. The molecule has 0 bridgehead atoms. The number of piperidine rings is 1. The standard InChI is InChI=1S/C25H42N4O4/c1-18(2)14-22-23(30)26-20(4)17-32-13-7-5-6-8-25(24(31)27-22)9-11-29(12-10-25)16-21-15-19(3)28-33-21/h15,18,20,22H,5-14,16-17H2,1-4H3,(H,26,30)(H,27,31)/t20-,22+/m1/s1. The van der Waals surface area contributed by atoms with Gasteiger partial charge >= 0.3 is 0 Å². The SMILES string of the molecule is Cc1cc(CN2CCC3(CCCCCOC[C@@H](C)NC(=O)[C@H](CC(C)C)NC3=O)CC2)on1. The number of amides is 2. The molecule has 186 valence electrons. The third-order valence-electron chi connectivity index (χ3n) is 6.88. The van der Waals surface area contributed by atoms with Crippen molar-refractivity contribution < 1.29 is 18.8 Å². The first kappa shape index (κ1) is 25.7. The Labute approximate surface area is 198 Å². The fourth-order valence-corrected chi connectivity index (χ4v) is 4.94. The van der Waals surface area contributed by atoms with Gasteiger partial charge in [0.2, 0.25) is 11.8 Å². The number of rotatable bonds is 4. The average molecular weight is 463 g/mol.